The molecule has 2 aromatic carbocycles. The zero-order chi connectivity index (χ0) is 18.1. The van der Waals surface area contributed by atoms with E-state index in [0.29, 0.717) is 11.5 Å². The van der Waals surface area contributed by atoms with Gasteiger partial charge in [-0.2, -0.15) is 0 Å². The van der Waals surface area contributed by atoms with E-state index in [1.807, 2.05) is 42.0 Å². The van der Waals surface area contributed by atoms with Gasteiger partial charge in [0.15, 0.2) is 11.5 Å². The molecule has 0 aliphatic carbocycles. The number of fused-ring (bicyclic) bond motifs is 1. The second kappa shape index (κ2) is 6.55. The van der Waals surface area contributed by atoms with Crippen LogP contribution in [-0.2, 0) is 4.79 Å². The van der Waals surface area contributed by atoms with Crippen molar-refractivity contribution in [3.63, 3.8) is 0 Å². The first kappa shape index (κ1) is 16.2. The lowest BCUT2D eigenvalue weighted by atomic mass is 10.0. The summed E-state index contributed by atoms with van der Waals surface area (Å²) in [6.07, 6.45) is 6.27. The van der Waals surface area contributed by atoms with Crippen LogP contribution < -0.4 is 14.4 Å². The number of nitrogens with zero attached hydrogens (tertiary/aromatic N) is 3. The average Bonchev–Trinajstić information content (AvgIpc) is 3.34. The van der Waals surface area contributed by atoms with Gasteiger partial charge in [0, 0.05) is 29.8 Å². The normalized spacial score (nSPS) is 13.5. The summed E-state index contributed by atoms with van der Waals surface area (Å²) in [4.78, 5) is 17.6. The Labute approximate surface area is 151 Å². The van der Waals surface area contributed by atoms with Crippen LogP contribution in [0.1, 0.15) is 24.1 Å². The minimum absolute atomic E-state index is 0.143. The van der Waals surface area contributed by atoms with E-state index in [2.05, 4.69) is 24.0 Å². The molecular weight excluding hydrogens is 330 g/mol. The third kappa shape index (κ3) is 2.79. The molecule has 0 saturated heterocycles. The minimum atomic E-state index is -0.143. The van der Waals surface area contributed by atoms with Crippen molar-refractivity contribution in [2.24, 2.45) is 0 Å². The minimum Gasteiger partial charge on any atom is -0.454 e. The highest BCUT2D eigenvalue weighted by atomic mass is 16.7. The first-order valence-corrected chi connectivity index (χ1v) is 8.39. The van der Waals surface area contributed by atoms with E-state index in [-0.39, 0.29) is 12.8 Å². The smallest absolute Gasteiger partial charge is 0.231 e. The van der Waals surface area contributed by atoms with Crippen LogP contribution in [0.4, 0.5) is 5.69 Å². The number of aromatic nitrogens is 2. The summed E-state index contributed by atoms with van der Waals surface area (Å²) in [5.74, 6) is 1.36. The molecule has 3 aromatic rings. The predicted octanol–water partition coefficient (Wildman–Crippen LogP) is 3.63. The lowest BCUT2D eigenvalue weighted by Crippen LogP contribution is -2.25. The highest BCUT2D eigenvalue weighted by Crippen LogP contribution is 2.37. The maximum Gasteiger partial charge on any atom is 0.231 e. The highest BCUT2D eigenvalue weighted by Gasteiger charge is 2.20. The average molecular weight is 349 g/mol. The lowest BCUT2D eigenvalue weighted by molar-refractivity contribution is -0.107. The Kier molecular flexibility index (Phi) is 4.08. The first-order valence-electron chi connectivity index (χ1n) is 8.39. The molecule has 0 fully saturated rings. The third-order valence-electron chi connectivity index (χ3n) is 4.68. The fraction of sp³-hybridized carbons (Fsp3) is 0.200. The number of carbonyl (C=O) groups excluding carboxylic acids is 1. The van der Waals surface area contributed by atoms with E-state index in [1.54, 1.807) is 17.4 Å². The number of aryl methyl sites for hydroxylation is 1. The van der Waals surface area contributed by atoms with Gasteiger partial charge < -0.3 is 18.9 Å². The Bertz CT molecular complexity index is 937. The van der Waals surface area contributed by atoms with Crippen molar-refractivity contribution < 1.29 is 14.3 Å². The number of anilines is 1. The molecule has 0 spiro atoms. The van der Waals surface area contributed by atoms with Crippen LogP contribution in [0.25, 0.3) is 5.69 Å². The fourth-order valence-corrected chi connectivity index (χ4v) is 3.15. The summed E-state index contributed by atoms with van der Waals surface area (Å²) in [6.45, 7) is 4.27. The van der Waals surface area contributed by atoms with Gasteiger partial charge in [0.05, 0.1) is 12.4 Å². The molecular formula is C20H19N3O3. The first-order chi connectivity index (χ1) is 12.7. The van der Waals surface area contributed by atoms with E-state index in [4.69, 9.17) is 9.47 Å². The Balaban J connectivity index is 1.68. The topological polar surface area (TPSA) is 56.6 Å². The molecule has 2 heterocycles. The van der Waals surface area contributed by atoms with Gasteiger partial charge >= 0.3 is 0 Å². The molecule has 1 aliphatic rings. The number of ether oxygens (including phenoxy) is 2. The molecule has 132 valence electrons. The molecule has 0 bridgehead atoms. The molecule has 1 aliphatic heterocycles. The molecule has 6 nitrogen and oxygen atoms in total. The van der Waals surface area contributed by atoms with Crippen molar-refractivity contribution >= 4 is 12.1 Å². The number of rotatable bonds is 5. The van der Waals surface area contributed by atoms with Crippen LogP contribution >= 0.6 is 0 Å². The largest absolute Gasteiger partial charge is 0.454 e. The number of amides is 1. The fourth-order valence-electron chi connectivity index (χ4n) is 3.15. The van der Waals surface area contributed by atoms with Crippen molar-refractivity contribution in [2.75, 3.05) is 11.7 Å². The van der Waals surface area contributed by atoms with Crippen LogP contribution in [-0.4, -0.2) is 22.8 Å². The monoisotopic (exact) mass is 349 g/mol. The van der Waals surface area contributed by atoms with E-state index in [1.165, 1.54) is 0 Å². The zero-order valence-corrected chi connectivity index (χ0v) is 14.6. The van der Waals surface area contributed by atoms with Gasteiger partial charge in [-0.05, 0) is 43.2 Å². The number of hydrogen-bond acceptors (Lipinski definition) is 4. The quantitative estimate of drug-likeness (QED) is 0.660. The Morgan fingerprint density at radius 1 is 1.19 bits per heavy atom. The van der Waals surface area contributed by atoms with Crippen molar-refractivity contribution in [1.29, 1.82) is 0 Å². The number of benzene rings is 2. The summed E-state index contributed by atoms with van der Waals surface area (Å²) in [6, 6.07) is 11.6. The van der Waals surface area contributed by atoms with Gasteiger partial charge in [0.2, 0.25) is 13.2 Å². The van der Waals surface area contributed by atoms with Crippen LogP contribution in [0.5, 0.6) is 11.5 Å². The van der Waals surface area contributed by atoms with Crippen molar-refractivity contribution in [2.45, 2.75) is 19.9 Å². The molecule has 0 unspecified atom stereocenters. The van der Waals surface area contributed by atoms with Crippen molar-refractivity contribution in [3.8, 4) is 17.2 Å². The van der Waals surface area contributed by atoms with Gasteiger partial charge in [-0.15, -0.1) is 0 Å². The zero-order valence-electron chi connectivity index (χ0n) is 14.6. The Hall–Kier alpha value is -3.28. The summed E-state index contributed by atoms with van der Waals surface area (Å²) >= 11 is 0. The molecule has 4 rings (SSSR count). The Morgan fingerprint density at radius 3 is 2.81 bits per heavy atom. The van der Waals surface area contributed by atoms with Gasteiger partial charge in [-0.25, -0.2) is 4.98 Å². The highest BCUT2D eigenvalue weighted by molar-refractivity contribution is 5.78. The summed E-state index contributed by atoms with van der Waals surface area (Å²) in [7, 11) is 0. The second-order valence-electron chi connectivity index (χ2n) is 6.24. The lowest BCUT2D eigenvalue weighted by Gasteiger charge is -2.26. The molecule has 1 amide bonds. The molecule has 26 heavy (non-hydrogen) atoms. The predicted molar refractivity (Wildman–Crippen MR) is 97.8 cm³/mol. The van der Waals surface area contributed by atoms with E-state index in [0.717, 1.165) is 28.9 Å². The van der Waals surface area contributed by atoms with E-state index >= 15 is 0 Å². The summed E-state index contributed by atoms with van der Waals surface area (Å²) < 4.78 is 12.7. The van der Waals surface area contributed by atoms with E-state index in [9.17, 15) is 4.79 Å². The summed E-state index contributed by atoms with van der Waals surface area (Å²) in [5, 5.41) is 0. The van der Waals surface area contributed by atoms with Crippen LogP contribution in [0.3, 0.4) is 0 Å². The molecule has 0 saturated carbocycles. The maximum atomic E-state index is 11.8. The van der Waals surface area contributed by atoms with Crippen LogP contribution in [0.2, 0.25) is 0 Å². The molecule has 6 heteroatoms. The van der Waals surface area contributed by atoms with Crippen molar-refractivity contribution in [1.82, 2.24) is 9.55 Å². The van der Waals surface area contributed by atoms with Crippen LogP contribution in [0.15, 0.2) is 55.1 Å². The summed E-state index contributed by atoms with van der Waals surface area (Å²) in [5.41, 5.74) is 3.98. The SMILES string of the molecule is Cc1ccc([C@H](C)N(C=O)c2ccc3c(c2)OCO3)cc1-n1ccnc1. The van der Waals surface area contributed by atoms with Crippen LogP contribution in [0, 0.1) is 6.92 Å². The standard InChI is InChI=1S/C20H19N3O3/c1-14-3-4-16(9-18(14)22-8-7-21-11-22)15(2)23(12-24)17-5-6-19-20(10-17)26-13-25-19/h3-12,15H,13H2,1-2H3/t15-/m0/s1. The Morgan fingerprint density at radius 2 is 2.04 bits per heavy atom. The van der Waals surface area contributed by atoms with Gasteiger partial charge in [-0.3, -0.25) is 4.79 Å². The van der Waals surface area contributed by atoms with Gasteiger partial charge in [0.25, 0.3) is 0 Å². The molecule has 1 aromatic heterocycles. The van der Waals surface area contributed by atoms with E-state index < -0.39 is 0 Å². The van der Waals surface area contributed by atoms with Gasteiger partial charge in [0.1, 0.15) is 0 Å². The maximum absolute atomic E-state index is 11.8. The second-order valence-corrected chi connectivity index (χ2v) is 6.24. The van der Waals surface area contributed by atoms with Gasteiger partial charge in [-0.1, -0.05) is 12.1 Å². The molecule has 0 N–H and O–H groups in total. The third-order valence-corrected chi connectivity index (χ3v) is 4.68. The van der Waals surface area contributed by atoms with Crippen molar-refractivity contribution in [3.05, 3.63) is 66.2 Å². The molecule has 1 atom stereocenters. The number of imidazole rings is 1. The number of hydrogen-bond donors (Lipinski definition) is 0. The molecule has 0 radical (unpaired) electrons. The number of carbonyl (C=O) groups is 1.